The molecule has 1 aliphatic rings. The highest BCUT2D eigenvalue weighted by atomic mass is 79.9. The molecule has 0 aliphatic heterocycles. The molecule has 1 saturated carbocycles. The Labute approximate surface area is 128 Å². The van der Waals surface area contributed by atoms with Gasteiger partial charge in [-0.05, 0) is 47.9 Å². The lowest BCUT2D eigenvalue weighted by Crippen LogP contribution is -2.32. The van der Waals surface area contributed by atoms with E-state index in [2.05, 4.69) is 46.3 Å². The molecular formula is C17H20BrNO. The highest BCUT2D eigenvalue weighted by molar-refractivity contribution is 9.10. The van der Waals surface area contributed by atoms with E-state index in [0.29, 0.717) is 6.54 Å². The van der Waals surface area contributed by atoms with Crippen molar-refractivity contribution in [1.82, 2.24) is 0 Å². The number of hydrogen-bond acceptors (Lipinski definition) is 2. The Kier molecular flexibility index (Phi) is 3.74. The molecule has 0 heterocycles. The zero-order valence-corrected chi connectivity index (χ0v) is 13.4. The largest absolute Gasteiger partial charge is 0.496 e. The molecule has 3 rings (SSSR count). The van der Waals surface area contributed by atoms with Gasteiger partial charge >= 0.3 is 0 Å². The summed E-state index contributed by atoms with van der Waals surface area (Å²) in [6, 6.07) is 10.8. The first kappa shape index (κ1) is 13.9. The fourth-order valence-corrected chi connectivity index (χ4v) is 3.84. The van der Waals surface area contributed by atoms with E-state index < -0.39 is 0 Å². The highest BCUT2D eigenvalue weighted by Crippen LogP contribution is 2.45. The number of benzene rings is 2. The van der Waals surface area contributed by atoms with Gasteiger partial charge in [-0.1, -0.05) is 34.8 Å². The van der Waals surface area contributed by atoms with Gasteiger partial charge in [0.2, 0.25) is 0 Å². The fraction of sp³-hybridized carbons (Fsp3) is 0.412. The molecule has 0 atom stereocenters. The molecule has 0 bridgehead atoms. The smallest absolute Gasteiger partial charge is 0.123 e. The predicted molar refractivity (Wildman–Crippen MR) is 87.4 cm³/mol. The van der Waals surface area contributed by atoms with Gasteiger partial charge < -0.3 is 10.5 Å². The van der Waals surface area contributed by atoms with Crippen molar-refractivity contribution in [2.24, 2.45) is 5.73 Å². The molecule has 0 radical (unpaired) electrons. The zero-order valence-electron chi connectivity index (χ0n) is 11.8. The minimum absolute atomic E-state index is 0.0991. The van der Waals surface area contributed by atoms with E-state index in [1.165, 1.54) is 42.0 Å². The SMILES string of the molecule is COc1cc2ccc(Br)cc2cc1C1(CN)CCCC1. The molecule has 2 N–H and O–H groups in total. The van der Waals surface area contributed by atoms with E-state index in [1.54, 1.807) is 7.11 Å². The summed E-state index contributed by atoms with van der Waals surface area (Å²) in [5, 5.41) is 2.45. The van der Waals surface area contributed by atoms with Gasteiger partial charge in [0, 0.05) is 22.0 Å². The topological polar surface area (TPSA) is 35.2 Å². The maximum atomic E-state index is 6.13. The standard InChI is InChI=1S/C17H20BrNO/c1-20-16-10-12-4-5-14(18)8-13(12)9-15(16)17(11-19)6-2-3-7-17/h4-5,8-10H,2-3,6-7,11,19H2,1H3. The summed E-state index contributed by atoms with van der Waals surface area (Å²) >= 11 is 3.55. The molecule has 2 nitrogen and oxygen atoms in total. The van der Waals surface area contributed by atoms with Crippen LogP contribution in [-0.2, 0) is 5.41 Å². The fourth-order valence-electron chi connectivity index (χ4n) is 3.47. The van der Waals surface area contributed by atoms with Crippen LogP contribution in [0.15, 0.2) is 34.8 Å². The first-order chi connectivity index (χ1) is 9.68. The minimum Gasteiger partial charge on any atom is -0.496 e. The lowest BCUT2D eigenvalue weighted by atomic mass is 9.77. The Bertz CT molecular complexity index is 632. The molecule has 0 aromatic heterocycles. The van der Waals surface area contributed by atoms with Gasteiger partial charge in [-0.15, -0.1) is 0 Å². The minimum atomic E-state index is 0.0991. The van der Waals surface area contributed by atoms with Crippen molar-refractivity contribution >= 4 is 26.7 Å². The van der Waals surface area contributed by atoms with E-state index in [-0.39, 0.29) is 5.41 Å². The molecule has 20 heavy (non-hydrogen) atoms. The highest BCUT2D eigenvalue weighted by Gasteiger charge is 2.36. The zero-order chi connectivity index (χ0) is 14.2. The van der Waals surface area contributed by atoms with Gasteiger partial charge in [-0.25, -0.2) is 0 Å². The lowest BCUT2D eigenvalue weighted by molar-refractivity contribution is 0.378. The number of rotatable bonds is 3. The van der Waals surface area contributed by atoms with Crippen molar-refractivity contribution in [3.63, 3.8) is 0 Å². The van der Waals surface area contributed by atoms with Crippen molar-refractivity contribution < 1.29 is 4.74 Å². The van der Waals surface area contributed by atoms with Crippen LogP contribution in [0.2, 0.25) is 0 Å². The number of ether oxygens (including phenoxy) is 1. The van der Waals surface area contributed by atoms with Crippen LogP contribution in [0, 0.1) is 0 Å². The molecular weight excluding hydrogens is 314 g/mol. The van der Waals surface area contributed by atoms with E-state index in [9.17, 15) is 0 Å². The van der Waals surface area contributed by atoms with Gasteiger partial charge in [0.05, 0.1) is 7.11 Å². The van der Waals surface area contributed by atoms with Crippen LogP contribution in [0.3, 0.4) is 0 Å². The maximum absolute atomic E-state index is 6.13. The lowest BCUT2D eigenvalue weighted by Gasteiger charge is -2.30. The van der Waals surface area contributed by atoms with Crippen molar-refractivity contribution in [3.05, 3.63) is 40.4 Å². The van der Waals surface area contributed by atoms with Gasteiger partial charge in [0.15, 0.2) is 0 Å². The van der Waals surface area contributed by atoms with Crippen LogP contribution in [0.25, 0.3) is 10.8 Å². The van der Waals surface area contributed by atoms with E-state index in [1.807, 2.05) is 0 Å². The summed E-state index contributed by atoms with van der Waals surface area (Å²) in [6.07, 6.45) is 4.85. The average Bonchev–Trinajstić information content (AvgIpc) is 2.95. The van der Waals surface area contributed by atoms with Crippen LogP contribution < -0.4 is 10.5 Å². The van der Waals surface area contributed by atoms with Crippen molar-refractivity contribution in [3.8, 4) is 5.75 Å². The third-order valence-electron chi connectivity index (χ3n) is 4.64. The first-order valence-electron chi connectivity index (χ1n) is 7.16. The molecule has 0 unspecified atom stereocenters. The number of methoxy groups -OCH3 is 1. The summed E-state index contributed by atoms with van der Waals surface area (Å²) in [4.78, 5) is 0. The average molecular weight is 334 g/mol. The third-order valence-corrected chi connectivity index (χ3v) is 5.14. The second kappa shape index (κ2) is 5.38. The first-order valence-corrected chi connectivity index (χ1v) is 7.96. The van der Waals surface area contributed by atoms with Gasteiger partial charge in [0.1, 0.15) is 5.75 Å². The van der Waals surface area contributed by atoms with Crippen molar-refractivity contribution in [1.29, 1.82) is 0 Å². The summed E-state index contributed by atoms with van der Waals surface area (Å²) in [7, 11) is 1.75. The van der Waals surface area contributed by atoms with Crippen LogP contribution >= 0.6 is 15.9 Å². The Morgan fingerprint density at radius 1 is 1.15 bits per heavy atom. The molecule has 3 heteroatoms. The van der Waals surface area contributed by atoms with Crippen LogP contribution in [0.4, 0.5) is 0 Å². The monoisotopic (exact) mass is 333 g/mol. The Balaban J connectivity index is 2.22. The Morgan fingerprint density at radius 2 is 1.90 bits per heavy atom. The predicted octanol–water partition coefficient (Wildman–Crippen LogP) is 4.38. The van der Waals surface area contributed by atoms with E-state index in [0.717, 1.165) is 10.2 Å². The summed E-state index contributed by atoms with van der Waals surface area (Å²) in [6.45, 7) is 0.697. The van der Waals surface area contributed by atoms with Crippen molar-refractivity contribution in [2.75, 3.05) is 13.7 Å². The van der Waals surface area contributed by atoms with Crippen LogP contribution in [0.5, 0.6) is 5.75 Å². The van der Waals surface area contributed by atoms with Crippen LogP contribution in [-0.4, -0.2) is 13.7 Å². The second-order valence-corrected chi connectivity index (χ2v) is 6.65. The maximum Gasteiger partial charge on any atom is 0.123 e. The molecule has 0 saturated heterocycles. The summed E-state index contributed by atoms with van der Waals surface area (Å²) in [5.41, 5.74) is 7.52. The molecule has 0 amide bonds. The van der Waals surface area contributed by atoms with Gasteiger partial charge in [-0.2, -0.15) is 0 Å². The van der Waals surface area contributed by atoms with Crippen LogP contribution in [0.1, 0.15) is 31.2 Å². The van der Waals surface area contributed by atoms with Crippen molar-refractivity contribution in [2.45, 2.75) is 31.1 Å². The molecule has 1 fully saturated rings. The number of hydrogen-bond donors (Lipinski definition) is 1. The third kappa shape index (κ3) is 2.23. The number of fused-ring (bicyclic) bond motifs is 1. The number of nitrogens with two attached hydrogens (primary N) is 1. The summed E-state index contributed by atoms with van der Waals surface area (Å²) in [5.74, 6) is 0.979. The molecule has 1 aliphatic carbocycles. The van der Waals surface area contributed by atoms with Gasteiger partial charge in [-0.3, -0.25) is 0 Å². The Hall–Kier alpha value is -1.06. The second-order valence-electron chi connectivity index (χ2n) is 5.74. The number of halogens is 1. The summed E-state index contributed by atoms with van der Waals surface area (Å²) < 4.78 is 6.76. The Morgan fingerprint density at radius 3 is 2.55 bits per heavy atom. The quantitative estimate of drug-likeness (QED) is 0.904. The molecule has 2 aromatic carbocycles. The van der Waals surface area contributed by atoms with Gasteiger partial charge in [0.25, 0.3) is 0 Å². The van der Waals surface area contributed by atoms with E-state index >= 15 is 0 Å². The normalized spacial score (nSPS) is 17.6. The molecule has 0 spiro atoms. The van der Waals surface area contributed by atoms with E-state index in [4.69, 9.17) is 10.5 Å². The molecule has 2 aromatic rings. The molecule has 106 valence electrons.